The van der Waals surface area contributed by atoms with Crippen LogP contribution in [0.15, 0.2) is 0 Å². The molecule has 0 bridgehead atoms. The molecule has 0 atom stereocenters. The molecule has 100 valence electrons. The van der Waals surface area contributed by atoms with Crippen molar-refractivity contribution in [3.63, 3.8) is 0 Å². The summed E-state index contributed by atoms with van der Waals surface area (Å²) in [6.07, 6.45) is 1.09. The van der Waals surface area contributed by atoms with Gasteiger partial charge in [-0.2, -0.15) is 0 Å². The van der Waals surface area contributed by atoms with Gasteiger partial charge in [0.25, 0.3) is 5.24 Å². The zero-order valence-electron chi connectivity index (χ0n) is 10.2. The molecular formula is C11H17N3O3S. The summed E-state index contributed by atoms with van der Waals surface area (Å²) in [7, 11) is 0. The van der Waals surface area contributed by atoms with Crippen LogP contribution in [0.5, 0.6) is 0 Å². The lowest BCUT2D eigenvalue weighted by Crippen LogP contribution is -2.39. The largest absolute Gasteiger partial charge is 0.354 e. The highest BCUT2D eigenvalue weighted by Crippen LogP contribution is 2.17. The van der Waals surface area contributed by atoms with Crippen molar-refractivity contribution >= 4 is 28.8 Å². The van der Waals surface area contributed by atoms with Crippen LogP contribution >= 0.6 is 11.8 Å². The van der Waals surface area contributed by atoms with Gasteiger partial charge in [-0.25, -0.2) is 0 Å². The number of carbonyl (C=O) groups is 3. The fourth-order valence-electron chi connectivity index (χ4n) is 2.04. The van der Waals surface area contributed by atoms with E-state index in [4.69, 9.17) is 0 Å². The highest BCUT2D eigenvalue weighted by atomic mass is 32.2. The maximum Gasteiger partial charge on any atom is 0.281 e. The summed E-state index contributed by atoms with van der Waals surface area (Å²) in [5, 5.41) is 2.79. The zero-order chi connectivity index (χ0) is 13.0. The standard InChI is InChI=1S/C11H17N3O3S/c15-9-8-14(4-1-3-12-9)10(16)2-5-13-6-7-18-11(13)17/h1-8H2,(H,12,15). The maximum atomic E-state index is 12.0. The van der Waals surface area contributed by atoms with Gasteiger partial charge in [-0.05, 0) is 6.42 Å². The Bertz CT molecular complexity index is 361. The molecule has 18 heavy (non-hydrogen) atoms. The van der Waals surface area contributed by atoms with Gasteiger partial charge >= 0.3 is 0 Å². The molecule has 0 aromatic heterocycles. The third-order valence-corrected chi connectivity index (χ3v) is 3.95. The van der Waals surface area contributed by atoms with Crippen LogP contribution in [0, 0.1) is 0 Å². The summed E-state index contributed by atoms with van der Waals surface area (Å²) in [6, 6.07) is 0. The molecule has 6 nitrogen and oxygen atoms in total. The first-order valence-corrected chi connectivity index (χ1v) is 7.11. The minimum atomic E-state index is -0.103. The van der Waals surface area contributed by atoms with Crippen LogP contribution < -0.4 is 5.32 Å². The van der Waals surface area contributed by atoms with Crippen LogP contribution in [-0.2, 0) is 9.59 Å². The minimum absolute atomic E-state index is 0.0447. The SMILES string of the molecule is O=C1CN(C(=O)CCN2CCSC2=O)CCCN1. The van der Waals surface area contributed by atoms with Crippen LogP contribution in [-0.4, -0.2) is 65.3 Å². The van der Waals surface area contributed by atoms with Gasteiger partial charge in [0, 0.05) is 38.4 Å². The Morgan fingerprint density at radius 2 is 2.17 bits per heavy atom. The van der Waals surface area contributed by atoms with Crippen LogP contribution in [0.3, 0.4) is 0 Å². The topological polar surface area (TPSA) is 69.7 Å². The summed E-state index contributed by atoms with van der Waals surface area (Å²) in [5.74, 6) is 0.657. The molecule has 0 spiro atoms. The Balaban J connectivity index is 1.79. The minimum Gasteiger partial charge on any atom is -0.354 e. The number of amides is 3. The normalized spacial score (nSPS) is 20.9. The molecule has 3 amide bonds. The van der Waals surface area contributed by atoms with Crippen LogP contribution in [0.4, 0.5) is 4.79 Å². The Kier molecular flexibility index (Phi) is 4.46. The first-order chi connectivity index (χ1) is 8.66. The molecule has 0 unspecified atom stereocenters. The van der Waals surface area contributed by atoms with E-state index in [-0.39, 0.29) is 23.6 Å². The molecule has 2 saturated heterocycles. The summed E-state index contributed by atoms with van der Waals surface area (Å²) >= 11 is 1.29. The molecule has 7 heteroatoms. The van der Waals surface area contributed by atoms with Crippen LogP contribution in [0.1, 0.15) is 12.8 Å². The fraction of sp³-hybridized carbons (Fsp3) is 0.727. The first kappa shape index (κ1) is 13.2. The third kappa shape index (κ3) is 3.38. The second-order valence-electron chi connectivity index (χ2n) is 4.37. The molecule has 0 aliphatic carbocycles. The van der Waals surface area contributed by atoms with Gasteiger partial charge in [-0.15, -0.1) is 0 Å². The second kappa shape index (κ2) is 6.08. The number of hydrogen-bond donors (Lipinski definition) is 1. The lowest BCUT2D eigenvalue weighted by atomic mass is 10.3. The molecule has 2 rings (SSSR count). The lowest BCUT2D eigenvalue weighted by molar-refractivity contribution is -0.135. The molecule has 0 aromatic carbocycles. The average Bonchev–Trinajstić information content (AvgIpc) is 2.62. The summed E-state index contributed by atoms with van der Waals surface area (Å²) in [4.78, 5) is 37.9. The zero-order valence-corrected chi connectivity index (χ0v) is 11.0. The third-order valence-electron chi connectivity index (χ3n) is 3.05. The van der Waals surface area contributed by atoms with Crippen molar-refractivity contribution in [3.05, 3.63) is 0 Å². The Morgan fingerprint density at radius 1 is 1.33 bits per heavy atom. The highest BCUT2D eigenvalue weighted by molar-refractivity contribution is 8.13. The van der Waals surface area contributed by atoms with E-state index in [2.05, 4.69) is 5.32 Å². The van der Waals surface area contributed by atoms with Crippen molar-refractivity contribution in [2.24, 2.45) is 0 Å². The predicted molar refractivity (Wildman–Crippen MR) is 68.3 cm³/mol. The van der Waals surface area contributed by atoms with Gasteiger partial charge in [-0.3, -0.25) is 14.4 Å². The van der Waals surface area contributed by atoms with E-state index in [1.54, 1.807) is 9.80 Å². The van der Waals surface area contributed by atoms with Crippen molar-refractivity contribution in [2.75, 3.05) is 38.5 Å². The molecular weight excluding hydrogens is 254 g/mol. The fourth-order valence-corrected chi connectivity index (χ4v) is 2.89. The Labute approximate surface area is 110 Å². The number of nitrogens with zero attached hydrogens (tertiary/aromatic N) is 2. The van der Waals surface area contributed by atoms with E-state index in [1.807, 2.05) is 0 Å². The van der Waals surface area contributed by atoms with E-state index in [0.29, 0.717) is 26.1 Å². The van der Waals surface area contributed by atoms with Gasteiger partial charge < -0.3 is 15.1 Å². The van der Waals surface area contributed by atoms with Gasteiger partial charge in [0.1, 0.15) is 0 Å². The van der Waals surface area contributed by atoms with Crippen molar-refractivity contribution < 1.29 is 14.4 Å². The van der Waals surface area contributed by atoms with E-state index in [0.717, 1.165) is 18.7 Å². The molecule has 2 aliphatic rings. The quantitative estimate of drug-likeness (QED) is 0.778. The van der Waals surface area contributed by atoms with Gasteiger partial charge in [0.15, 0.2) is 0 Å². The molecule has 2 heterocycles. The lowest BCUT2D eigenvalue weighted by Gasteiger charge is -2.21. The van der Waals surface area contributed by atoms with E-state index < -0.39 is 0 Å². The maximum absolute atomic E-state index is 12.0. The Morgan fingerprint density at radius 3 is 2.89 bits per heavy atom. The molecule has 0 aromatic rings. The van der Waals surface area contributed by atoms with E-state index in [1.165, 1.54) is 11.8 Å². The highest BCUT2D eigenvalue weighted by Gasteiger charge is 2.24. The average molecular weight is 271 g/mol. The second-order valence-corrected chi connectivity index (χ2v) is 5.42. The number of carbonyl (C=O) groups excluding carboxylic acids is 3. The van der Waals surface area contributed by atoms with E-state index >= 15 is 0 Å². The summed E-state index contributed by atoms with van der Waals surface area (Å²) < 4.78 is 0. The molecule has 0 radical (unpaired) electrons. The van der Waals surface area contributed by atoms with Crippen molar-refractivity contribution in [2.45, 2.75) is 12.8 Å². The monoisotopic (exact) mass is 271 g/mol. The van der Waals surface area contributed by atoms with Crippen LogP contribution in [0.25, 0.3) is 0 Å². The van der Waals surface area contributed by atoms with Crippen molar-refractivity contribution in [3.8, 4) is 0 Å². The van der Waals surface area contributed by atoms with Crippen LogP contribution in [0.2, 0.25) is 0 Å². The predicted octanol–water partition coefficient (Wildman–Crippen LogP) is -0.106. The van der Waals surface area contributed by atoms with Gasteiger partial charge in [-0.1, -0.05) is 11.8 Å². The van der Waals surface area contributed by atoms with E-state index in [9.17, 15) is 14.4 Å². The van der Waals surface area contributed by atoms with Crippen molar-refractivity contribution in [1.82, 2.24) is 15.1 Å². The smallest absolute Gasteiger partial charge is 0.281 e. The summed E-state index contributed by atoms with van der Waals surface area (Å²) in [5.41, 5.74) is 0. The summed E-state index contributed by atoms with van der Waals surface area (Å²) in [6.45, 7) is 2.56. The molecule has 0 saturated carbocycles. The number of hydrogen-bond acceptors (Lipinski definition) is 4. The van der Waals surface area contributed by atoms with Gasteiger partial charge in [0.05, 0.1) is 6.54 Å². The number of nitrogens with one attached hydrogen (secondary N) is 1. The first-order valence-electron chi connectivity index (χ1n) is 6.13. The van der Waals surface area contributed by atoms with Gasteiger partial charge in [0.2, 0.25) is 11.8 Å². The Hall–Kier alpha value is -1.24. The molecule has 2 aliphatic heterocycles. The van der Waals surface area contributed by atoms with Crippen molar-refractivity contribution in [1.29, 1.82) is 0 Å². The molecule has 2 fully saturated rings. The number of rotatable bonds is 3. The number of thioether (sulfide) groups is 1. The molecule has 1 N–H and O–H groups in total.